The van der Waals surface area contributed by atoms with Crippen molar-refractivity contribution >= 4 is 5.78 Å². The van der Waals surface area contributed by atoms with Gasteiger partial charge in [-0.1, -0.05) is 32.0 Å². The van der Waals surface area contributed by atoms with Gasteiger partial charge in [0.2, 0.25) is 0 Å². The molecule has 0 radical (unpaired) electrons. The van der Waals surface area contributed by atoms with E-state index >= 15 is 0 Å². The van der Waals surface area contributed by atoms with Gasteiger partial charge in [0.15, 0.2) is 0 Å². The van der Waals surface area contributed by atoms with Crippen LogP contribution < -0.4 is 5.32 Å². The van der Waals surface area contributed by atoms with E-state index in [0.29, 0.717) is 18.6 Å². The highest BCUT2D eigenvalue weighted by Crippen LogP contribution is 2.49. The molecule has 0 saturated heterocycles. The lowest BCUT2D eigenvalue weighted by atomic mass is 9.63. The summed E-state index contributed by atoms with van der Waals surface area (Å²) in [6.45, 7) is 9.87. The summed E-state index contributed by atoms with van der Waals surface area (Å²) in [5, 5.41) is 3.78. The molecule has 2 heterocycles. The van der Waals surface area contributed by atoms with E-state index in [2.05, 4.69) is 67.9 Å². The molecule has 1 aromatic heterocycles. The zero-order valence-corrected chi connectivity index (χ0v) is 15.8. The Morgan fingerprint density at radius 1 is 1.04 bits per heavy atom. The number of ketones is 1. The summed E-state index contributed by atoms with van der Waals surface area (Å²) >= 11 is 0. The lowest BCUT2D eigenvalue weighted by Gasteiger charge is -2.47. The number of carbonyl (C=O) groups excluding carboxylic acids is 1. The molecule has 1 fully saturated rings. The molecule has 1 saturated carbocycles. The predicted octanol–water partition coefficient (Wildman–Crippen LogP) is 4.21. The standard InChI is InChI=1S/C22H28N2O/c1-15-19-10-11-23-22(13-18(25)12-21(3,4)14-22)20(19)16(2)24(15)17-8-6-5-7-9-17/h5-9,23H,10-14H2,1-4H3/t22-/m1/s1. The van der Waals surface area contributed by atoms with Crippen molar-refractivity contribution in [1.29, 1.82) is 0 Å². The van der Waals surface area contributed by atoms with Gasteiger partial charge in [-0.3, -0.25) is 4.79 Å². The van der Waals surface area contributed by atoms with E-state index in [-0.39, 0.29) is 11.0 Å². The molecule has 1 aromatic carbocycles. The van der Waals surface area contributed by atoms with Crippen LogP contribution in [0.15, 0.2) is 30.3 Å². The Morgan fingerprint density at radius 2 is 1.76 bits per heavy atom. The van der Waals surface area contributed by atoms with Crippen LogP contribution in [0.25, 0.3) is 5.69 Å². The third kappa shape index (κ3) is 2.56. The minimum Gasteiger partial charge on any atom is -0.318 e. The molecular formula is C22H28N2O. The van der Waals surface area contributed by atoms with Crippen molar-refractivity contribution in [2.45, 2.75) is 58.9 Å². The van der Waals surface area contributed by atoms with E-state index in [1.165, 1.54) is 28.2 Å². The highest BCUT2D eigenvalue weighted by atomic mass is 16.1. The van der Waals surface area contributed by atoms with Crippen LogP contribution in [0.4, 0.5) is 0 Å². The number of rotatable bonds is 1. The van der Waals surface area contributed by atoms with Crippen molar-refractivity contribution in [3.63, 3.8) is 0 Å². The number of hydrogen-bond acceptors (Lipinski definition) is 2. The number of carbonyl (C=O) groups is 1. The van der Waals surface area contributed by atoms with Crippen molar-refractivity contribution in [2.24, 2.45) is 5.41 Å². The van der Waals surface area contributed by atoms with Crippen LogP contribution in [-0.4, -0.2) is 16.9 Å². The van der Waals surface area contributed by atoms with Gasteiger partial charge in [-0.25, -0.2) is 0 Å². The molecule has 0 bridgehead atoms. The van der Waals surface area contributed by atoms with Gasteiger partial charge in [0.1, 0.15) is 5.78 Å². The molecule has 0 unspecified atom stereocenters. The van der Waals surface area contributed by atoms with Crippen molar-refractivity contribution < 1.29 is 4.79 Å². The van der Waals surface area contributed by atoms with Gasteiger partial charge in [0, 0.05) is 36.5 Å². The zero-order chi connectivity index (χ0) is 17.8. The second kappa shape index (κ2) is 5.57. The molecule has 132 valence electrons. The van der Waals surface area contributed by atoms with E-state index in [1.54, 1.807) is 0 Å². The molecule has 1 atom stereocenters. The van der Waals surface area contributed by atoms with E-state index in [4.69, 9.17) is 0 Å². The van der Waals surface area contributed by atoms with Crippen molar-refractivity contribution in [3.8, 4) is 5.69 Å². The number of fused-ring (bicyclic) bond motifs is 2. The van der Waals surface area contributed by atoms with Crippen LogP contribution >= 0.6 is 0 Å². The zero-order valence-electron chi connectivity index (χ0n) is 15.8. The molecule has 3 nitrogen and oxygen atoms in total. The van der Waals surface area contributed by atoms with E-state index in [9.17, 15) is 4.79 Å². The molecule has 0 amide bonds. The van der Waals surface area contributed by atoms with Gasteiger partial charge in [-0.15, -0.1) is 0 Å². The molecule has 1 N–H and O–H groups in total. The summed E-state index contributed by atoms with van der Waals surface area (Å²) in [7, 11) is 0. The number of hydrogen-bond donors (Lipinski definition) is 1. The van der Waals surface area contributed by atoms with Gasteiger partial charge >= 0.3 is 0 Å². The molecule has 1 spiro atoms. The average Bonchev–Trinajstić information content (AvgIpc) is 2.78. The van der Waals surface area contributed by atoms with E-state index in [1.807, 2.05) is 0 Å². The van der Waals surface area contributed by atoms with Crippen molar-refractivity contribution in [1.82, 2.24) is 9.88 Å². The van der Waals surface area contributed by atoms with E-state index in [0.717, 1.165) is 19.4 Å². The van der Waals surface area contributed by atoms with Gasteiger partial charge in [0.05, 0.1) is 5.54 Å². The van der Waals surface area contributed by atoms with Crippen molar-refractivity contribution in [2.75, 3.05) is 6.54 Å². The maximum absolute atomic E-state index is 12.6. The smallest absolute Gasteiger partial charge is 0.135 e. The Bertz CT molecular complexity index is 831. The number of nitrogens with zero attached hydrogens (tertiary/aromatic N) is 1. The monoisotopic (exact) mass is 336 g/mol. The van der Waals surface area contributed by atoms with Gasteiger partial charge < -0.3 is 9.88 Å². The second-order valence-electron chi connectivity index (χ2n) is 8.69. The van der Waals surface area contributed by atoms with E-state index < -0.39 is 0 Å². The Balaban J connectivity index is 1.92. The summed E-state index contributed by atoms with van der Waals surface area (Å²) in [5.41, 5.74) is 6.52. The molecule has 2 aromatic rings. The maximum Gasteiger partial charge on any atom is 0.135 e. The van der Waals surface area contributed by atoms with Crippen LogP contribution in [0.1, 0.15) is 55.6 Å². The Kier molecular flexibility index (Phi) is 3.69. The Morgan fingerprint density at radius 3 is 2.44 bits per heavy atom. The Labute approximate surface area is 150 Å². The molecule has 1 aliphatic carbocycles. The van der Waals surface area contributed by atoms with Crippen LogP contribution in [0, 0.1) is 19.3 Å². The molecule has 25 heavy (non-hydrogen) atoms. The fraction of sp³-hybridized carbons (Fsp3) is 0.500. The fourth-order valence-electron chi connectivity index (χ4n) is 5.49. The molecule has 2 aliphatic rings. The number of para-hydroxylation sites is 1. The van der Waals surface area contributed by atoms with Crippen molar-refractivity contribution in [3.05, 3.63) is 52.8 Å². The Hall–Kier alpha value is -1.87. The first-order valence-electron chi connectivity index (χ1n) is 9.36. The van der Waals surface area contributed by atoms with Crippen LogP contribution in [0.3, 0.4) is 0 Å². The second-order valence-corrected chi connectivity index (χ2v) is 8.69. The third-order valence-electron chi connectivity index (χ3n) is 6.06. The van der Waals surface area contributed by atoms with Gasteiger partial charge in [-0.05, 0) is 55.4 Å². The largest absolute Gasteiger partial charge is 0.318 e. The molecule has 1 aliphatic heterocycles. The summed E-state index contributed by atoms with van der Waals surface area (Å²) in [4.78, 5) is 12.6. The maximum atomic E-state index is 12.6. The topological polar surface area (TPSA) is 34.0 Å². The summed E-state index contributed by atoms with van der Waals surface area (Å²) in [6, 6.07) is 10.6. The SMILES string of the molecule is Cc1c2c(c(C)n1-c1ccccc1)[C@]1(CC(=O)CC(C)(C)C1)NCC2. The molecule has 3 heteroatoms. The highest BCUT2D eigenvalue weighted by Gasteiger charge is 2.48. The predicted molar refractivity (Wildman–Crippen MR) is 101 cm³/mol. The van der Waals surface area contributed by atoms with Gasteiger partial charge in [-0.2, -0.15) is 0 Å². The minimum atomic E-state index is -0.193. The number of nitrogens with one attached hydrogen (secondary N) is 1. The van der Waals surface area contributed by atoms with Crippen LogP contribution in [-0.2, 0) is 16.8 Å². The first kappa shape index (κ1) is 16.6. The first-order chi connectivity index (χ1) is 11.8. The van der Waals surface area contributed by atoms with Crippen LogP contribution in [0.2, 0.25) is 0 Å². The number of aromatic nitrogens is 1. The first-order valence-corrected chi connectivity index (χ1v) is 9.36. The lowest BCUT2D eigenvalue weighted by Crippen LogP contribution is -2.54. The number of Topliss-reactive ketones (excluding diaryl/α,β-unsaturated/α-hetero) is 1. The highest BCUT2D eigenvalue weighted by molar-refractivity contribution is 5.82. The fourth-order valence-corrected chi connectivity index (χ4v) is 5.49. The minimum absolute atomic E-state index is 0.0478. The quantitative estimate of drug-likeness (QED) is 0.846. The summed E-state index contributed by atoms with van der Waals surface area (Å²) in [5.74, 6) is 0.390. The molecular weight excluding hydrogens is 308 g/mol. The van der Waals surface area contributed by atoms with Crippen LogP contribution in [0.5, 0.6) is 0 Å². The summed E-state index contributed by atoms with van der Waals surface area (Å²) < 4.78 is 2.38. The normalized spacial score (nSPS) is 25.2. The lowest BCUT2D eigenvalue weighted by molar-refractivity contribution is -0.126. The summed E-state index contributed by atoms with van der Waals surface area (Å²) in [6.07, 6.45) is 3.39. The molecule has 4 rings (SSSR count). The van der Waals surface area contributed by atoms with Gasteiger partial charge in [0.25, 0.3) is 0 Å². The average molecular weight is 336 g/mol. The number of benzene rings is 1. The third-order valence-corrected chi connectivity index (χ3v) is 6.06.